The minimum absolute atomic E-state index is 0. The molecule has 32 valence electrons. The number of halogens is 3. The molecule has 0 aliphatic carbocycles. The second kappa shape index (κ2) is 25.1. The molecule has 0 atom stereocenters. The summed E-state index contributed by atoms with van der Waals surface area (Å²) < 4.78 is 0. The molecule has 5 heteroatoms. The van der Waals surface area contributed by atoms with Gasteiger partial charge in [-0.1, -0.05) is 0 Å². The summed E-state index contributed by atoms with van der Waals surface area (Å²) >= 11 is 0. The second-order valence-electron chi connectivity index (χ2n) is 0. The van der Waals surface area contributed by atoms with Crippen LogP contribution in [0, 0.1) is 0 Å². The quantitative estimate of drug-likeness (QED) is 0.266. The molecule has 0 nitrogen and oxygen atoms in total. The first-order valence-electron chi connectivity index (χ1n) is 0. The van der Waals surface area contributed by atoms with Crippen LogP contribution in [0.2, 0.25) is 0 Å². The molecule has 0 aliphatic heterocycles. The zero-order chi connectivity index (χ0) is 0. The molecule has 0 heterocycles. The topological polar surface area (TPSA) is 0 Å². The summed E-state index contributed by atoms with van der Waals surface area (Å²) in [6, 6.07) is 0. The van der Waals surface area contributed by atoms with Crippen LogP contribution < -0.4 is 0 Å². The standard InChI is InChI=1S/Ga.Hg.3HI.3H/h;;3*1H;;;. The van der Waals surface area contributed by atoms with E-state index < -0.39 is 0 Å². The molecule has 0 fully saturated rings. The largest absolute Gasteiger partial charge is 0 e. The fourth-order valence-electron chi connectivity index (χ4n) is 0. The van der Waals surface area contributed by atoms with Gasteiger partial charge in [-0.3, -0.25) is 0 Å². The Labute approximate surface area is 117 Å². The van der Waals surface area contributed by atoms with E-state index in [9.17, 15) is 0 Å². The van der Waals surface area contributed by atoms with Crippen molar-refractivity contribution in [1.29, 1.82) is 0 Å². The van der Waals surface area contributed by atoms with Crippen LogP contribution in [-0.2, 0) is 27.7 Å². The van der Waals surface area contributed by atoms with Gasteiger partial charge >= 0.3 is 19.8 Å². The van der Waals surface area contributed by atoms with Gasteiger partial charge < -0.3 is 0 Å². The Morgan fingerprint density at radius 2 is 0.600 bits per heavy atom. The zero-order valence-electron chi connectivity index (χ0n) is 1.93. The fourth-order valence-corrected chi connectivity index (χ4v) is 0. The molecule has 0 rings (SSSR count). The van der Waals surface area contributed by atoms with Gasteiger partial charge in [-0.15, -0.1) is 71.9 Å². The predicted octanol–water partition coefficient (Wildman–Crippen LogP) is 0.668. The molecule has 0 saturated heterocycles. The molecule has 0 spiro atoms. The second-order valence-corrected chi connectivity index (χ2v) is 0. The third-order valence-corrected chi connectivity index (χ3v) is 0. The van der Waals surface area contributed by atoms with Crippen molar-refractivity contribution < 1.29 is 27.7 Å². The molecule has 0 aromatic heterocycles. The minimum Gasteiger partial charge on any atom is 0 e. The molecule has 0 aliphatic rings. The Kier molecular flexibility index (Phi) is 187. The van der Waals surface area contributed by atoms with E-state index in [2.05, 4.69) is 0 Å². The maximum absolute atomic E-state index is 0. The summed E-state index contributed by atoms with van der Waals surface area (Å²) in [6.45, 7) is 0. The fraction of sp³-hybridized carbons (Fsp3) is 0. The molecule has 0 amide bonds. The van der Waals surface area contributed by atoms with E-state index in [0.29, 0.717) is 0 Å². The Hall–Kier alpha value is 3.76. The van der Waals surface area contributed by atoms with Crippen LogP contribution in [-0.4, -0.2) is 19.8 Å². The Bertz CT molecular complexity index is 6.85. The van der Waals surface area contributed by atoms with Crippen molar-refractivity contribution in [2.24, 2.45) is 0 Å². The molecule has 0 unspecified atom stereocenters. The molecule has 5 heavy (non-hydrogen) atoms. The molecular formula is H6GaHgI3. The van der Waals surface area contributed by atoms with E-state index in [1.165, 1.54) is 0 Å². The van der Waals surface area contributed by atoms with Gasteiger partial charge in [-0.2, -0.15) is 0 Å². The number of rotatable bonds is 0. The van der Waals surface area contributed by atoms with E-state index in [0.717, 1.165) is 0 Å². The van der Waals surface area contributed by atoms with Crippen LogP contribution in [0.1, 0.15) is 0 Å². The van der Waals surface area contributed by atoms with Gasteiger partial charge in [0.2, 0.25) is 0 Å². The van der Waals surface area contributed by atoms with E-state index in [1.807, 2.05) is 0 Å². The summed E-state index contributed by atoms with van der Waals surface area (Å²) in [6.07, 6.45) is 0. The molecule has 0 radical (unpaired) electrons. The van der Waals surface area contributed by atoms with Crippen LogP contribution in [0.5, 0.6) is 0 Å². The predicted molar refractivity (Wildman–Crippen MR) is 56.2 cm³/mol. The van der Waals surface area contributed by atoms with Crippen LogP contribution in [0.25, 0.3) is 0 Å². The molecule has 0 N–H and O–H groups in total. The molecule has 0 bridgehead atoms. The average Bonchev–Trinajstić information content (AvgIpc) is 0. The summed E-state index contributed by atoms with van der Waals surface area (Å²) in [5, 5.41) is 0. The van der Waals surface area contributed by atoms with Crippen molar-refractivity contribution in [2.75, 3.05) is 0 Å². The summed E-state index contributed by atoms with van der Waals surface area (Å²) in [5.74, 6) is 0. The normalized spacial score (nSPS) is 0. The van der Waals surface area contributed by atoms with Crippen molar-refractivity contribution in [3.8, 4) is 0 Å². The van der Waals surface area contributed by atoms with E-state index in [4.69, 9.17) is 0 Å². The third kappa shape index (κ3) is 18.2. The molecule has 0 aromatic rings. The van der Waals surface area contributed by atoms with Gasteiger partial charge in [0.25, 0.3) is 0 Å². The average molecular weight is 657 g/mol. The third-order valence-electron chi connectivity index (χ3n) is 0. The van der Waals surface area contributed by atoms with Gasteiger partial charge in [0.05, 0.1) is 0 Å². The summed E-state index contributed by atoms with van der Waals surface area (Å²) in [4.78, 5) is 0. The number of hydrogen-bond donors (Lipinski definition) is 0. The minimum atomic E-state index is 0. The first-order chi connectivity index (χ1) is 0. The monoisotopic (exact) mass is 658 g/mol. The Morgan fingerprint density at radius 3 is 0.600 bits per heavy atom. The Balaban J connectivity index is 0. The van der Waals surface area contributed by atoms with Crippen molar-refractivity contribution >= 4 is 91.7 Å². The first kappa shape index (κ1) is 37.3. The van der Waals surface area contributed by atoms with Crippen LogP contribution >= 0.6 is 71.9 Å². The van der Waals surface area contributed by atoms with Gasteiger partial charge in [0.1, 0.15) is 0 Å². The number of hydrogen-bond acceptors (Lipinski definition) is 0. The maximum atomic E-state index is 0. The van der Waals surface area contributed by atoms with E-state index in [1.54, 1.807) is 0 Å². The van der Waals surface area contributed by atoms with Crippen LogP contribution in [0.3, 0.4) is 0 Å². The van der Waals surface area contributed by atoms with Gasteiger partial charge in [0, 0.05) is 27.7 Å². The van der Waals surface area contributed by atoms with Gasteiger partial charge in [-0.25, -0.2) is 0 Å². The van der Waals surface area contributed by atoms with Crippen molar-refractivity contribution in [2.45, 2.75) is 0 Å². The Morgan fingerprint density at radius 1 is 0.600 bits per heavy atom. The van der Waals surface area contributed by atoms with Gasteiger partial charge in [0.15, 0.2) is 0 Å². The first-order valence-corrected chi connectivity index (χ1v) is 0. The SMILES string of the molecule is I.I.I.[GaH3].[Hg]. The zero-order valence-corrected chi connectivity index (χ0v) is 14.4. The summed E-state index contributed by atoms with van der Waals surface area (Å²) in [5.41, 5.74) is 0. The van der Waals surface area contributed by atoms with E-state index in [-0.39, 0.29) is 119 Å². The maximum Gasteiger partial charge on any atom is 0 e. The van der Waals surface area contributed by atoms with Crippen molar-refractivity contribution in [1.82, 2.24) is 0 Å². The smallest absolute Gasteiger partial charge is 0 e. The van der Waals surface area contributed by atoms with Crippen molar-refractivity contribution in [3.63, 3.8) is 0 Å². The van der Waals surface area contributed by atoms with Gasteiger partial charge in [-0.05, 0) is 0 Å². The van der Waals surface area contributed by atoms with E-state index >= 15 is 0 Å². The molecule has 0 saturated carbocycles. The van der Waals surface area contributed by atoms with Crippen LogP contribution in [0.4, 0.5) is 0 Å². The van der Waals surface area contributed by atoms with Crippen molar-refractivity contribution in [3.05, 3.63) is 0 Å². The van der Waals surface area contributed by atoms with Crippen LogP contribution in [0.15, 0.2) is 0 Å². The summed E-state index contributed by atoms with van der Waals surface area (Å²) in [7, 11) is 0. The molecule has 0 aromatic carbocycles. The molecular weight excluding hydrogens is 651 g/mol.